The molecule has 1 amide bonds. The number of ketones is 1. The molecule has 1 fully saturated rings. The second-order valence-electron chi connectivity index (χ2n) is 5.73. The van der Waals surface area contributed by atoms with Gasteiger partial charge >= 0.3 is 12.1 Å². The highest BCUT2D eigenvalue weighted by Crippen LogP contribution is 2.14. The Bertz CT molecular complexity index is 401. The van der Waals surface area contributed by atoms with Crippen molar-refractivity contribution in [1.29, 1.82) is 0 Å². The van der Waals surface area contributed by atoms with Crippen molar-refractivity contribution in [1.82, 2.24) is 4.90 Å². The normalized spacial score (nSPS) is 19.0. The molecule has 21 heavy (non-hydrogen) atoms. The minimum absolute atomic E-state index is 0.0904. The maximum absolute atomic E-state index is 12.0. The molecule has 1 atom stereocenters. The number of morpholine rings is 1. The van der Waals surface area contributed by atoms with Gasteiger partial charge in [-0.1, -0.05) is 0 Å². The van der Waals surface area contributed by atoms with Crippen LogP contribution in [0.15, 0.2) is 0 Å². The van der Waals surface area contributed by atoms with Crippen molar-refractivity contribution in [3.63, 3.8) is 0 Å². The SMILES string of the molecule is CCOC(=O)CC(=O)C1CN(C(=O)OC(C)(C)C)CCO1. The Balaban J connectivity index is 2.53. The van der Waals surface area contributed by atoms with Crippen LogP contribution in [0.4, 0.5) is 4.79 Å². The average Bonchev–Trinajstić information content (AvgIpc) is 2.37. The number of amides is 1. The predicted octanol–water partition coefficient (Wildman–Crippen LogP) is 1.14. The zero-order valence-electron chi connectivity index (χ0n) is 13.0. The number of hydrogen-bond acceptors (Lipinski definition) is 6. The topological polar surface area (TPSA) is 82.1 Å². The smallest absolute Gasteiger partial charge is 0.410 e. The van der Waals surface area contributed by atoms with Crippen molar-refractivity contribution in [3.05, 3.63) is 0 Å². The molecule has 0 spiro atoms. The first-order chi connectivity index (χ1) is 9.73. The first kappa shape index (κ1) is 17.4. The van der Waals surface area contributed by atoms with Gasteiger partial charge in [0, 0.05) is 6.54 Å². The lowest BCUT2D eigenvalue weighted by Crippen LogP contribution is -2.50. The molecule has 1 aliphatic heterocycles. The summed E-state index contributed by atoms with van der Waals surface area (Å²) in [5.74, 6) is -0.970. The van der Waals surface area contributed by atoms with Gasteiger partial charge in [0.2, 0.25) is 0 Å². The van der Waals surface area contributed by atoms with E-state index in [4.69, 9.17) is 14.2 Å². The van der Waals surface area contributed by atoms with Crippen LogP contribution in [0, 0.1) is 0 Å². The monoisotopic (exact) mass is 301 g/mol. The number of carbonyl (C=O) groups excluding carboxylic acids is 3. The lowest BCUT2D eigenvalue weighted by molar-refractivity contribution is -0.149. The Labute approximate surface area is 124 Å². The first-order valence-electron chi connectivity index (χ1n) is 7.00. The molecule has 0 radical (unpaired) electrons. The van der Waals surface area contributed by atoms with Crippen molar-refractivity contribution < 1.29 is 28.6 Å². The fourth-order valence-electron chi connectivity index (χ4n) is 1.80. The molecular formula is C14H23NO6. The van der Waals surface area contributed by atoms with Crippen LogP contribution >= 0.6 is 0 Å². The van der Waals surface area contributed by atoms with Crippen LogP contribution in [0.3, 0.4) is 0 Å². The largest absolute Gasteiger partial charge is 0.466 e. The Kier molecular flexibility index (Phi) is 6.14. The Morgan fingerprint density at radius 2 is 1.95 bits per heavy atom. The molecular weight excluding hydrogens is 278 g/mol. The van der Waals surface area contributed by atoms with Gasteiger partial charge in [-0.25, -0.2) is 4.79 Å². The summed E-state index contributed by atoms with van der Waals surface area (Å²) >= 11 is 0. The van der Waals surface area contributed by atoms with Crippen LogP contribution in [0.2, 0.25) is 0 Å². The summed E-state index contributed by atoms with van der Waals surface area (Å²) in [5, 5.41) is 0. The summed E-state index contributed by atoms with van der Waals surface area (Å²) < 4.78 is 15.3. The number of hydrogen-bond donors (Lipinski definition) is 0. The van der Waals surface area contributed by atoms with Gasteiger partial charge in [-0.3, -0.25) is 9.59 Å². The van der Waals surface area contributed by atoms with E-state index in [2.05, 4.69) is 0 Å². The van der Waals surface area contributed by atoms with Crippen LogP contribution in [0.1, 0.15) is 34.1 Å². The molecule has 7 heteroatoms. The second-order valence-corrected chi connectivity index (χ2v) is 5.73. The van der Waals surface area contributed by atoms with Gasteiger partial charge in [0.05, 0.1) is 19.8 Å². The summed E-state index contributed by atoms with van der Waals surface area (Å²) in [6, 6.07) is 0. The molecule has 7 nitrogen and oxygen atoms in total. The molecule has 1 unspecified atom stereocenters. The van der Waals surface area contributed by atoms with Gasteiger partial charge in [-0.15, -0.1) is 0 Å². The van der Waals surface area contributed by atoms with Crippen LogP contribution in [-0.2, 0) is 23.8 Å². The quantitative estimate of drug-likeness (QED) is 0.572. The molecule has 0 N–H and O–H groups in total. The van der Waals surface area contributed by atoms with Crippen molar-refractivity contribution in [2.24, 2.45) is 0 Å². The third kappa shape index (κ3) is 6.12. The van der Waals surface area contributed by atoms with Gasteiger partial charge in [0.25, 0.3) is 0 Å². The summed E-state index contributed by atoms with van der Waals surface area (Å²) in [4.78, 5) is 36.6. The maximum atomic E-state index is 12.0. The number of carbonyl (C=O) groups is 3. The molecule has 0 aromatic heterocycles. The van der Waals surface area contributed by atoms with Crippen molar-refractivity contribution in [2.45, 2.75) is 45.8 Å². The molecule has 120 valence electrons. The van der Waals surface area contributed by atoms with Gasteiger partial charge in [-0.05, 0) is 27.7 Å². The molecule has 0 aliphatic carbocycles. The van der Waals surface area contributed by atoms with E-state index in [0.717, 1.165) is 0 Å². The van der Waals surface area contributed by atoms with Crippen molar-refractivity contribution in [2.75, 3.05) is 26.3 Å². The van der Waals surface area contributed by atoms with Gasteiger partial charge in [-0.2, -0.15) is 0 Å². The van der Waals surface area contributed by atoms with E-state index in [0.29, 0.717) is 6.54 Å². The Morgan fingerprint density at radius 1 is 1.29 bits per heavy atom. The fraction of sp³-hybridized carbons (Fsp3) is 0.786. The Hall–Kier alpha value is -1.63. The molecule has 1 aliphatic rings. The van der Waals surface area contributed by atoms with E-state index in [1.165, 1.54) is 4.90 Å². The number of Topliss-reactive ketones (excluding diaryl/α,β-unsaturated/α-hetero) is 1. The number of ether oxygens (including phenoxy) is 3. The van der Waals surface area contributed by atoms with E-state index in [-0.39, 0.29) is 32.0 Å². The van der Waals surface area contributed by atoms with Crippen LogP contribution in [0.25, 0.3) is 0 Å². The molecule has 1 saturated heterocycles. The average molecular weight is 301 g/mol. The van der Waals surface area contributed by atoms with Crippen LogP contribution < -0.4 is 0 Å². The van der Waals surface area contributed by atoms with E-state index in [1.54, 1.807) is 27.7 Å². The standard InChI is InChI=1S/C14H23NO6/c1-5-19-12(17)8-10(16)11-9-15(6-7-20-11)13(18)21-14(2,3)4/h11H,5-9H2,1-4H3. The van der Waals surface area contributed by atoms with Crippen molar-refractivity contribution in [3.8, 4) is 0 Å². The van der Waals surface area contributed by atoms with E-state index in [1.807, 2.05) is 0 Å². The molecule has 1 rings (SSSR count). The Morgan fingerprint density at radius 3 is 2.52 bits per heavy atom. The molecule has 0 bridgehead atoms. The minimum atomic E-state index is -0.810. The lowest BCUT2D eigenvalue weighted by Gasteiger charge is -2.33. The molecule has 0 saturated carbocycles. The molecule has 0 aromatic carbocycles. The zero-order valence-corrected chi connectivity index (χ0v) is 13.0. The first-order valence-corrected chi connectivity index (χ1v) is 7.00. The van der Waals surface area contributed by atoms with Gasteiger partial charge < -0.3 is 19.1 Å². The van der Waals surface area contributed by atoms with E-state index in [9.17, 15) is 14.4 Å². The van der Waals surface area contributed by atoms with Crippen molar-refractivity contribution >= 4 is 17.8 Å². The lowest BCUT2D eigenvalue weighted by atomic mass is 10.1. The third-order valence-corrected chi connectivity index (χ3v) is 2.70. The van der Waals surface area contributed by atoms with Gasteiger partial charge in [0.15, 0.2) is 5.78 Å². The number of rotatable bonds is 4. The highest BCUT2D eigenvalue weighted by molar-refractivity contribution is 5.98. The maximum Gasteiger partial charge on any atom is 0.410 e. The van der Waals surface area contributed by atoms with E-state index < -0.39 is 23.8 Å². The highest BCUT2D eigenvalue weighted by Gasteiger charge is 2.32. The van der Waals surface area contributed by atoms with Gasteiger partial charge in [0.1, 0.15) is 18.1 Å². The van der Waals surface area contributed by atoms with Crippen LogP contribution in [0.5, 0.6) is 0 Å². The van der Waals surface area contributed by atoms with Crippen LogP contribution in [-0.4, -0.2) is 60.8 Å². The summed E-state index contributed by atoms with van der Waals surface area (Å²) in [7, 11) is 0. The molecule has 0 aromatic rings. The highest BCUT2D eigenvalue weighted by atomic mass is 16.6. The number of nitrogens with zero attached hydrogens (tertiary/aromatic N) is 1. The summed E-state index contributed by atoms with van der Waals surface area (Å²) in [5.41, 5.74) is -0.597. The third-order valence-electron chi connectivity index (χ3n) is 2.70. The zero-order chi connectivity index (χ0) is 16.0. The fourth-order valence-corrected chi connectivity index (χ4v) is 1.80. The number of esters is 1. The predicted molar refractivity (Wildman–Crippen MR) is 73.8 cm³/mol. The minimum Gasteiger partial charge on any atom is -0.466 e. The summed E-state index contributed by atoms with van der Waals surface area (Å²) in [6.45, 7) is 7.90. The molecule has 1 heterocycles. The summed E-state index contributed by atoms with van der Waals surface area (Å²) in [6.07, 6.45) is -1.64. The second kappa shape index (κ2) is 7.40. The van der Waals surface area contributed by atoms with E-state index >= 15 is 0 Å².